The number of carbonyl (C=O) groups is 3. The number of halogens is 2. The number of ether oxygens (including phenoxy) is 2. The largest absolute Gasteiger partial charge is 0.490 e. The molecule has 1 aliphatic rings. The molecule has 0 radical (unpaired) electrons. The van der Waals surface area contributed by atoms with Crippen LogP contribution in [-0.4, -0.2) is 41.7 Å². The Morgan fingerprint density at radius 2 is 1.91 bits per heavy atom. The third-order valence-electron chi connectivity index (χ3n) is 4.38. The van der Waals surface area contributed by atoms with Crippen LogP contribution in [-0.2, 0) is 9.59 Å². The van der Waals surface area contributed by atoms with Crippen molar-refractivity contribution in [3.63, 3.8) is 0 Å². The molecule has 0 atom stereocenters. The Morgan fingerprint density at radius 1 is 1.18 bits per heavy atom. The number of imide groups is 1. The van der Waals surface area contributed by atoms with Gasteiger partial charge in [0.05, 0.1) is 21.7 Å². The van der Waals surface area contributed by atoms with Crippen molar-refractivity contribution in [3.8, 4) is 11.5 Å². The van der Waals surface area contributed by atoms with E-state index in [9.17, 15) is 14.4 Å². The van der Waals surface area contributed by atoms with Crippen LogP contribution in [0.15, 0.2) is 45.8 Å². The highest BCUT2D eigenvalue weighted by Crippen LogP contribution is 2.37. The lowest BCUT2D eigenvalue weighted by Gasteiger charge is -2.14. The van der Waals surface area contributed by atoms with Crippen LogP contribution < -0.4 is 14.8 Å². The minimum absolute atomic E-state index is 0.247. The number of rotatable bonds is 9. The van der Waals surface area contributed by atoms with E-state index < -0.39 is 17.1 Å². The lowest BCUT2D eigenvalue weighted by molar-refractivity contribution is -0.127. The van der Waals surface area contributed by atoms with Crippen molar-refractivity contribution in [1.82, 2.24) is 4.90 Å². The number of nitrogens with zero attached hydrogens (tertiary/aromatic N) is 1. The smallest absolute Gasteiger partial charge is 0.294 e. The summed E-state index contributed by atoms with van der Waals surface area (Å²) in [6.07, 6.45) is 2.50. The van der Waals surface area contributed by atoms with Gasteiger partial charge in [0.15, 0.2) is 11.5 Å². The van der Waals surface area contributed by atoms with Crippen LogP contribution in [0.25, 0.3) is 6.08 Å². The molecule has 2 aromatic carbocycles. The van der Waals surface area contributed by atoms with E-state index in [1.54, 1.807) is 36.4 Å². The van der Waals surface area contributed by atoms with E-state index in [2.05, 4.69) is 43.8 Å². The number of hydrogen-bond acceptors (Lipinski definition) is 6. The molecule has 2 aromatic rings. The van der Waals surface area contributed by atoms with Crippen LogP contribution >= 0.6 is 50.3 Å². The van der Waals surface area contributed by atoms with Gasteiger partial charge in [0.2, 0.25) is 5.91 Å². The fourth-order valence-electron chi connectivity index (χ4n) is 2.94. The lowest BCUT2D eigenvalue weighted by Crippen LogP contribution is -2.36. The molecule has 0 aliphatic carbocycles. The van der Waals surface area contributed by atoms with Crippen LogP contribution in [0.1, 0.15) is 25.8 Å². The molecule has 0 unspecified atom stereocenters. The Morgan fingerprint density at radius 3 is 2.58 bits per heavy atom. The van der Waals surface area contributed by atoms with Gasteiger partial charge in [-0.05, 0) is 95.7 Å². The van der Waals surface area contributed by atoms with Crippen LogP contribution in [0.2, 0.25) is 0 Å². The average Bonchev–Trinajstić information content (AvgIpc) is 3.02. The van der Waals surface area contributed by atoms with Crippen LogP contribution in [0.3, 0.4) is 0 Å². The number of hydrogen-bond donors (Lipinski definition) is 1. The molecular formula is C23H22BrIN2O5S. The van der Waals surface area contributed by atoms with E-state index >= 15 is 0 Å². The average molecular weight is 645 g/mol. The Hall–Kier alpha value is -2.05. The molecule has 0 aromatic heterocycles. The molecule has 0 bridgehead atoms. The van der Waals surface area contributed by atoms with Gasteiger partial charge in [-0.25, -0.2) is 0 Å². The van der Waals surface area contributed by atoms with Gasteiger partial charge in [-0.15, -0.1) is 0 Å². The highest BCUT2D eigenvalue weighted by atomic mass is 127. The van der Waals surface area contributed by atoms with Gasteiger partial charge in [0.1, 0.15) is 6.54 Å². The number of thioether (sulfide) groups is 1. The molecule has 1 N–H and O–H groups in total. The van der Waals surface area contributed by atoms with Crippen molar-refractivity contribution in [1.29, 1.82) is 0 Å². The quantitative estimate of drug-likeness (QED) is 0.270. The molecular weight excluding hydrogens is 623 g/mol. The molecule has 10 heteroatoms. The topological polar surface area (TPSA) is 84.9 Å². The Balaban J connectivity index is 1.75. The maximum atomic E-state index is 12.8. The predicted octanol–water partition coefficient (Wildman–Crippen LogP) is 5.92. The summed E-state index contributed by atoms with van der Waals surface area (Å²) in [5, 5.41) is 2.20. The maximum Gasteiger partial charge on any atom is 0.294 e. The molecule has 7 nitrogen and oxygen atoms in total. The molecule has 1 fully saturated rings. The number of benzene rings is 2. The zero-order valence-electron chi connectivity index (χ0n) is 18.0. The van der Waals surface area contributed by atoms with Gasteiger partial charge in [-0.1, -0.05) is 22.9 Å². The van der Waals surface area contributed by atoms with E-state index in [0.29, 0.717) is 36.0 Å². The van der Waals surface area contributed by atoms with E-state index in [1.165, 1.54) is 0 Å². The predicted molar refractivity (Wildman–Crippen MR) is 142 cm³/mol. The second kappa shape index (κ2) is 11.9. The van der Waals surface area contributed by atoms with Gasteiger partial charge in [0.25, 0.3) is 11.1 Å². The fraction of sp³-hybridized carbons (Fsp3) is 0.261. The summed E-state index contributed by atoms with van der Waals surface area (Å²) in [7, 11) is 0. The minimum atomic E-state index is -0.504. The summed E-state index contributed by atoms with van der Waals surface area (Å²) >= 11 is 6.30. The zero-order chi connectivity index (χ0) is 24.0. The molecule has 0 saturated carbocycles. The van der Waals surface area contributed by atoms with Crippen molar-refractivity contribution >= 4 is 79.1 Å². The van der Waals surface area contributed by atoms with Crippen molar-refractivity contribution in [2.24, 2.45) is 0 Å². The standard InChI is InChI=1S/C23H22BrIN2O5S/c1-3-9-32-21-17(25)10-14(11-18(21)31-4-2)12-19-22(29)27(23(30)33-19)13-20(28)26-16-7-5-15(24)6-8-16/h5-8,10-12H,3-4,9,13H2,1-2H3,(H,26,28)/b19-12-. The van der Waals surface area contributed by atoms with Gasteiger partial charge in [-0.2, -0.15) is 0 Å². The van der Waals surface area contributed by atoms with Crippen molar-refractivity contribution in [2.75, 3.05) is 25.1 Å². The van der Waals surface area contributed by atoms with E-state index in [1.807, 2.05) is 19.9 Å². The van der Waals surface area contributed by atoms with E-state index in [4.69, 9.17) is 9.47 Å². The minimum Gasteiger partial charge on any atom is -0.490 e. The Kier molecular flexibility index (Phi) is 9.21. The monoisotopic (exact) mass is 644 g/mol. The first-order valence-electron chi connectivity index (χ1n) is 10.2. The normalized spacial score (nSPS) is 14.7. The number of carbonyl (C=O) groups excluding carboxylic acids is 3. The van der Waals surface area contributed by atoms with Crippen LogP contribution in [0, 0.1) is 3.57 Å². The summed E-state index contributed by atoms with van der Waals surface area (Å²) < 4.78 is 13.3. The van der Waals surface area contributed by atoms with E-state index in [0.717, 1.165) is 31.1 Å². The first-order valence-corrected chi connectivity index (χ1v) is 12.9. The molecule has 1 aliphatic heterocycles. The number of anilines is 1. The molecule has 33 heavy (non-hydrogen) atoms. The summed E-state index contributed by atoms with van der Waals surface area (Å²) in [5.41, 5.74) is 1.28. The van der Waals surface area contributed by atoms with Gasteiger partial charge in [-0.3, -0.25) is 19.3 Å². The van der Waals surface area contributed by atoms with Crippen molar-refractivity contribution in [2.45, 2.75) is 20.3 Å². The third kappa shape index (κ3) is 6.73. The highest BCUT2D eigenvalue weighted by molar-refractivity contribution is 14.1. The van der Waals surface area contributed by atoms with Crippen molar-refractivity contribution < 1.29 is 23.9 Å². The highest BCUT2D eigenvalue weighted by Gasteiger charge is 2.36. The molecule has 3 rings (SSSR count). The fourth-order valence-corrected chi connectivity index (χ4v) is 4.83. The maximum absolute atomic E-state index is 12.8. The molecule has 3 amide bonds. The van der Waals surface area contributed by atoms with Gasteiger partial charge in [0, 0.05) is 10.2 Å². The van der Waals surface area contributed by atoms with Crippen molar-refractivity contribution in [3.05, 3.63) is 54.9 Å². The van der Waals surface area contributed by atoms with Gasteiger partial charge >= 0.3 is 0 Å². The summed E-state index contributed by atoms with van der Waals surface area (Å²) in [6.45, 7) is 4.58. The first-order chi connectivity index (χ1) is 15.8. The number of nitrogens with one attached hydrogen (secondary N) is 1. The Labute approximate surface area is 218 Å². The SMILES string of the molecule is CCCOc1c(I)cc(/C=C2\SC(=O)N(CC(=O)Nc3ccc(Br)cc3)C2=O)cc1OCC. The zero-order valence-corrected chi connectivity index (χ0v) is 22.6. The number of amides is 3. The molecule has 0 spiro atoms. The first kappa shape index (κ1) is 25.6. The third-order valence-corrected chi connectivity index (χ3v) is 6.62. The lowest BCUT2D eigenvalue weighted by atomic mass is 10.2. The summed E-state index contributed by atoms with van der Waals surface area (Å²) in [6, 6.07) is 10.7. The van der Waals surface area contributed by atoms with Crippen LogP contribution in [0.5, 0.6) is 11.5 Å². The molecule has 1 saturated heterocycles. The second-order valence-electron chi connectivity index (χ2n) is 6.93. The molecule has 174 valence electrons. The molecule has 1 heterocycles. The Bertz CT molecular complexity index is 1090. The van der Waals surface area contributed by atoms with E-state index in [-0.39, 0.29) is 11.4 Å². The van der Waals surface area contributed by atoms with Crippen LogP contribution in [0.4, 0.5) is 10.5 Å². The second-order valence-corrected chi connectivity index (χ2v) is 10.0. The summed E-state index contributed by atoms with van der Waals surface area (Å²) in [4.78, 5) is 38.8. The summed E-state index contributed by atoms with van der Waals surface area (Å²) in [5.74, 6) is 0.285. The van der Waals surface area contributed by atoms with Gasteiger partial charge < -0.3 is 14.8 Å².